The van der Waals surface area contributed by atoms with Crippen LogP contribution in [0, 0.1) is 0 Å². The molecule has 0 saturated heterocycles. The molecule has 12 aromatic rings. The van der Waals surface area contributed by atoms with Crippen LogP contribution in [-0.4, -0.2) is 0 Å². The monoisotopic (exact) mass is 1010 g/mol. The van der Waals surface area contributed by atoms with Gasteiger partial charge >= 0.3 is 0 Å². The molecule has 14 rings (SSSR count). The molecule has 10 aromatic carbocycles. The van der Waals surface area contributed by atoms with Crippen LogP contribution in [0.5, 0.6) is 0 Å². The smallest absolute Gasteiger partial charge is 0.137 e. The van der Waals surface area contributed by atoms with Crippen molar-refractivity contribution in [2.75, 3.05) is 9.80 Å². The maximum atomic E-state index is 6.97. The second kappa shape index (κ2) is 18.7. The second-order valence-corrected chi connectivity index (χ2v) is 24.2. The summed E-state index contributed by atoms with van der Waals surface area (Å²) >= 11 is 0. The standard InChI is InChI=1S/C74H66N2O2/c1-73(2,3)53-27-31-55(32-28-53)75(71-59-23-15-13-21-49(59)25-37-61(71)47-17-9-7-10-18-47)57-35-39-63-65-41-51-44-68-66(42-52(51)43-67(65)77-69(63)45-57)64-40-36-58(46-70(64)78-68)76(56-33-29-54(30-34-56)74(4,5)6)72-60-24-16-14-22-50(60)26-38-62(72)48-19-11-8-12-20-48/h7-12,17-20,25-46H,13-16,21-24H2,1-6H3. The maximum absolute atomic E-state index is 6.97. The molecule has 0 amide bonds. The molecule has 0 radical (unpaired) electrons. The fourth-order valence-corrected chi connectivity index (χ4v) is 12.9. The molecule has 0 bridgehead atoms. The van der Waals surface area contributed by atoms with Gasteiger partial charge < -0.3 is 18.6 Å². The van der Waals surface area contributed by atoms with E-state index in [0.717, 1.165) is 103 Å². The third-order valence-electron chi connectivity index (χ3n) is 17.1. The molecule has 2 aliphatic carbocycles. The Hall–Kier alpha value is -8.34. The van der Waals surface area contributed by atoms with Crippen molar-refractivity contribution < 1.29 is 8.83 Å². The van der Waals surface area contributed by atoms with Gasteiger partial charge in [-0.3, -0.25) is 0 Å². The van der Waals surface area contributed by atoms with Crippen molar-refractivity contribution >= 4 is 88.8 Å². The van der Waals surface area contributed by atoms with Gasteiger partial charge in [-0.1, -0.05) is 151 Å². The van der Waals surface area contributed by atoms with E-state index in [2.05, 4.69) is 245 Å². The summed E-state index contributed by atoms with van der Waals surface area (Å²) in [7, 11) is 0. The van der Waals surface area contributed by atoms with Gasteiger partial charge in [0.05, 0.1) is 11.4 Å². The highest BCUT2D eigenvalue weighted by Crippen LogP contribution is 2.50. The number of rotatable bonds is 8. The number of aryl methyl sites for hydroxylation is 2. The highest BCUT2D eigenvalue weighted by molar-refractivity contribution is 6.16. The summed E-state index contributed by atoms with van der Waals surface area (Å²) in [6.07, 6.45) is 9.11. The lowest BCUT2D eigenvalue weighted by Gasteiger charge is -2.33. The summed E-state index contributed by atoms with van der Waals surface area (Å²) in [5.41, 5.74) is 23.9. The van der Waals surface area contributed by atoms with E-state index in [-0.39, 0.29) is 10.8 Å². The lowest BCUT2D eigenvalue weighted by molar-refractivity contribution is 0.590. The first-order chi connectivity index (χ1) is 37.9. The molecule has 0 fully saturated rings. The van der Waals surface area contributed by atoms with Crippen molar-refractivity contribution in [3.63, 3.8) is 0 Å². The van der Waals surface area contributed by atoms with Crippen molar-refractivity contribution in [2.45, 2.75) is 104 Å². The number of benzene rings is 10. The van der Waals surface area contributed by atoms with Gasteiger partial charge in [-0.05, 0) is 190 Å². The molecule has 384 valence electrons. The number of nitrogens with zero attached hydrogens (tertiary/aromatic N) is 2. The van der Waals surface area contributed by atoms with E-state index < -0.39 is 0 Å². The van der Waals surface area contributed by atoms with Gasteiger partial charge in [-0.2, -0.15) is 0 Å². The first-order valence-corrected chi connectivity index (χ1v) is 28.4. The molecule has 0 unspecified atom stereocenters. The molecule has 2 heterocycles. The number of fused-ring (bicyclic) bond motifs is 9. The fourth-order valence-electron chi connectivity index (χ4n) is 12.9. The molecule has 2 aliphatic rings. The van der Waals surface area contributed by atoms with E-state index in [1.165, 1.54) is 92.7 Å². The Balaban J connectivity index is 0.893. The van der Waals surface area contributed by atoms with Crippen molar-refractivity contribution in [1.82, 2.24) is 0 Å². The summed E-state index contributed by atoms with van der Waals surface area (Å²) in [6.45, 7) is 13.7. The highest BCUT2D eigenvalue weighted by Gasteiger charge is 2.29. The molecule has 0 N–H and O–H groups in total. The molecule has 0 aliphatic heterocycles. The van der Waals surface area contributed by atoms with Gasteiger partial charge in [0.15, 0.2) is 0 Å². The van der Waals surface area contributed by atoms with E-state index in [9.17, 15) is 0 Å². The summed E-state index contributed by atoms with van der Waals surface area (Å²) in [6, 6.07) is 72.5. The van der Waals surface area contributed by atoms with Gasteiger partial charge in [0.25, 0.3) is 0 Å². The molecular weight excluding hydrogens is 949 g/mol. The number of hydrogen-bond acceptors (Lipinski definition) is 4. The van der Waals surface area contributed by atoms with Crippen LogP contribution in [0.25, 0.3) is 76.9 Å². The van der Waals surface area contributed by atoms with Crippen LogP contribution in [0.3, 0.4) is 0 Å². The lowest BCUT2D eigenvalue weighted by atomic mass is 9.85. The maximum Gasteiger partial charge on any atom is 0.137 e. The van der Waals surface area contributed by atoms with Gasteiger partial charge in [0, 0.05) is 67.6 Å². The molecule has 78 heavy (non-hydrogen) atoms. The lowest BCUT2D eigenvalue weighted by Crippen LogP contribution is -2.17. The first-order valence-electron chi connectivity index (χ1n) is 28.4. The van der Waals surface area contributed by atoms with Crippen LogP contribution in [0.15, 0.2) is 203 Å². The minimum atomic E-state index is 0.0396. The van der Waals surface area contributed by atoms with Crippen LogP contribution in [0.2, 0.25) is 0 Å². The summed E-state index contributed by atoms with van der Waals surface area (Å²) in [4.78, 5) is 5.01. The predicted molar refractivity (Wildman–Crippen MR) is 329 cm³/mol. The third-order valence-corrected chi connectivity index (χ3v) is 17.1. The molecule has 4 nitrogen and oxygen atoms in total. The largest absolute Gasteiger partial charge is 0.456 e. The Bertz CT molecular complexity index is 3980. The van der Waals surface area contributed by atoms with Crippen molar-refractivity contribution in [3.05, 3.63) is 228 Å². The Morgan fingerprint density at radius 3 is 1.10 bits per heavy atom. The average molecular weight is 1020 g/mol. The molecule has 0 atom stereocenters. The molecule has 4 heteroatoms. The summed E-state index contributed by atoms with van der Waals surface area (Å²) in [5, 5.41) is 6.62. The quantitative estimate of drug-likeness (QED) is 0.152. The topological polar surface area (TPSA) is 32.8 Å². The second-order valence-electron chi connectivity index (χ2n) is 24.2. The average Bonchev–Trinajstić information content (AvgIpc) is 4.08. The summed E-state index contributed by atoms with van der Waals surface area (Å²) < 4.78 is 13.9. The van der Waals surface area contributed by atoms with Gasteiger partial charge in [0.2, 0.25) is 0 Å². The molecule has 0 spiro atoms. The normalized spacial score (nSPS) is 13.9. The number of anilines is 6. The zero-order chi connectivity index (χ0) is 52.9. The van der Waals surface area contributed by atoms with E-state index in [1.54, 1.807) is 0 Å². The van der Waals surface area contributed by atoms with Crippen molar-refractivity contribution in [1.29, 1.82) is 0 Å². The van der Waals surface area contributed by atoms with Crippen LogP contribution in [0.1, 0.15) is 101 Å². The number of furan rings is 2. The zero-order valence-electron chi connectivity index (χ0n) is 45.8. The van der Waals surface area contributed by atoms with Crippen LogP contribution in [-0.2, 0) is 36.5 Å². The SMILES string of the molecule is CC(C)(C)c1ccc(N(c2ccc3c(c2)oc2cc4cc5c(cc4cc23)oc2cc(N(c3ccc(C(C)(C)C)cc3)c3c(-c4ccccc4)ccc4c3CCCC4)ccc25)c2c(-c3ccccc3)ccc3c2CCCC3)cc1. The van der Waals surface area contributed by atoms with Gasteiger partial charge in [-0.25, -0.2) is 0 Å². The van der Waals surface area contributed by atoms with E-state index in [0.29, 0.717) is 0 Å². The molecule has 0 saturated carbocycles. The van der Waals surface area contributed by atoms with Crippen LogP contribution < -0.4 is 9.80 Å². The van der Waals surface area contributed by atoms with Gasteiger partial charge in [0.1, 0.15) is 22.3 Å². The first kappa shape index (κ1) is 48.1. The Labute approximate surface area is 458 Å². The van der Waals surface area contributed by atoms with Crippen molar-refractivity contribution in [2.24, 2.45) is 0 Å². The van der Waals surface area contributed by atoms with Gasteiger partial charge in [-0.15, -0.1) is 0 Å². The van der Waals surface area contributed by atoms with Crippen LogP contribution >= 0.6 is 0 Å². The Morgan fingerprint density at radius 1 is 0.333 bits per heavy atom. The van der Waals surface area contributed by atoms with E-state index >= 15 is 0 Å². The Morgan fingerprint density at radius 2 is 0.705 bits per heavy atom. The summed E-state index contributed by atoms with van der Waals surface area (Å²) in [5.74, 6) is 0. The van der Waals surface area contributed by atoms with E-state index in [4.69, 9.17) is 8.83 Å². The van der Waals surface area contributed by atoms with E-state index in [1.807, 2.05) is 0 Å². The number of hydrogen-bond donors (Lipinski definition) is 0. The highest BCUT2D eigenvalue weighted by atomic mass is 16.3. The predicted octanol–water partition coefficient (Wildman–Crippen LogP) is 21.3. The fraction of sp³-hybridized carbons (Fsp3) is 0.216. The zero-order valence-corrected chi connectivity index (χ0v) is 45.8. The third kappa shape index (κ3) is 8.36. The minimum Gasteiger partial charge on any atom is -0.456 e. The minimum absolute atomic E-state index is 0.0396. The van der Waals surface area contributed by atoms with Crippen LogP contribution in [0.4, 0.5) is 34.1 Å². The molecular formula is C74H66N2O2. The molecule has 2 aromatic heterocycles. The Kier molecular flexibility index (Phi) is 11.5. The van der Waals surface area contributed by atoms with Crippen molar-refractivity contribution in [3.8, 4) is 22.3 Å².